The third-order valence-corrected chi connectivity index (χ3v) is 4.26. The number of anilines is 1. The summed E-state index contributed by atoms with van der Waals surface area (Å²) in [6, 6.07) is 2.82. The van der Waals surface area contributed by atoms with Crippen molar-refractivity contribution in [2.75, 3.05) is 19.0 Å². The van der Waals surface area contributed by atoms with Gasteiger partial charge in [-0.2, -0.15) is 0 Å². The number of nitrogens with zero attached hydrogens (tertiary/aromatic N) is 1. The summed E-state index contributed by atoms with van der Waals surface area (Å²) in [5.74, 6) is -1.96. The zero-order valence-corrected chi connectivity index (χ0v) is 14.5. The van der Waals surface area contributed by atoms with Gasteiger partial charge in [0.15, 0.2) is 6.61 Å². The van der Waals surface area contributed by atoms with Crippen LogP contribution in [0.15, 0.2) is 23.7 Å². The van der Waals surface area contributed by atoms with Crippen LogP contribution < -0.4 is 5.32 Å². The van der Waals surface area contributed by atoms with Gasteiger partial charge in [-0.15, -0.1) is 11.3 Å². The van der Waals surface area contributed by atoms with E-state index < -0.39 is 24.5 Å². The monoisotopic (exact) mass is 388 g/mol. The Labute approximate surface area is 150 Å². The number of esters is 2. The smallest absolute Gasteiger partial charge is 0.350 e. The number of hydrogen-bond donors (Lipinski definition) is 1. The maximum absolute atomic E-state index is 11.8. The number of hydrogen-bond acceptors (Lipinski definition) is 7. The summed E-state index contributed by atoms with van der Waals surface area (Å²) >= 11 is 12.5. The molecule has 0 spiro atoms. The summed E-state index contributed by atoms with van der Waals surface area (Å²) in [5, 5.41) is 4.23. The molecular formula is C14H10Cl2N2O5S. The van der Waals surface area contributed by atoms with Crippen LogP contribution in [0, 0.1) is 0 Å². The van der Waals surface area contributed by atoms with Crippen LogP contribution >= 0.6 is 34.5 Å². The molecule has 10 heteroatoms. The molecule has 1 N–H and O–H groups in total. The van der Waals surface area contributed by atoms with Crippen molar-refractivity contribution < 1.29 is 23.9 Å². The summed E-state index contributed by atoms with van der Waals surface area (Å²) in [6.07, 6.45) is 1.18. The van der Waals surface area contributed by atoms with Crippen LogP contribution in [0.2, 0.25) is 10.2 Å². The number of carbonyl (C=O) groups is 3. The number of nitrogens with one attached hydrogen (secondary N) is 1. The molecule has 0 saturated carbocycles. The third kappa shape index (κ3) is 4.44. The summed E-state index contributed by atoms with van der Waals surface area (Å²) in [4.78, 5) is 39.1. The molecule has 0 radical (unpaired) electrons. The van der Waals surface area contributed by atoms with Crippen LogP contribution in [0.4, 0.5) is 5.69 Å². The van der Waals surface area contributed by atoms with Crippen LogP contribution in [0.1, 0.15) is 20.0 Å². The van der Waals surface area contributed by atoms with Crippen LogP contribution in [0.5, 0.6) is 0 Å². The molecule has 0 unspecified atom stereocenters. The molecule has 0 aliphatic heterocycles. The predicted octanol–water partition coefficient (Wildman–Crippen LogP) is 3.03. The minimum atomic E-state index is -0.783. The summed E-state index contributed by atoms with van der Waals surface area (Å²) in [7, 11) is 1.24. The number of amides is 1. The fourth-order valence-electron chi connectivity index (χ4n) is 1.59. The minimum absolute atomic E-state index is 0.0544. The van der Waals surface area contributed by atoms with Gasteiger partial charge in [0.1, 0.15) is 10.0 Å². The molecule has 0 aromatic carbocycles. The Balaban J connectivity index is 1.93. The van der Waals surface area contributed by atoms with E-state index in [-0.39, 0.29) is 26.3 Å². The van der Waals surface area contributed by atoms with Crippen molar-refractivity contribution in [3.63, 3.8) is 0 Å². The topological polar surface area (TPSA) is 94.6 Å². The molecule has 2 aromatic rings. The molecule has 0 aliphatic carbocycles. The molecular weight excluding hydrogens is 379 g/mol. The first-order chi connectivity index (χ1) is 11.4. The second-order valence-electron chi connectivity index (χ2n) is 4.28. The molecule has 0 saturated heterocycles. The molecule has 0 bridgehead atoms. The highest BCUT2D eigenvalue weighted by atomic mass is 35.5. The number of carbonyl (C=O) groups excluding carboxylic acids is 3. The van der Waals surface area contributed by atoms with Gasteiger partial charge in [0.05, 0.1) is 23.4 Å². The lowest BCUT2D eigenvalue weighted by molar-refractivity contribution is -0.119. The zero-order chi connectivity index (χ0) is 17.7. The zero-order valence-electron chi connectivity index (χ0n) is 12.2. The van der Waals surface area contributed by atoms with Crippen LogP contribution in [0.25, 0.3) is 0 Å². The first-order valence-electron chi connectivity index (χ1n) is 6.36. The third-order valence-electron chi connectivity index (χ3n) is 2.68. The van der Waals surface area contributed by atoms with Crippen molar-refractivity contribution in [3.05, 3.63) is 44.3 Å². The highest BCUT2D eigenvalue weighted by Crippen LogP contribution is 2.23. The molecule has 0 atom stereocenters. The Morgan fingerprint density at radius 1 is 1.29 bits per heavy atom. The second-order valence-corrected chi connectivity index (χ2v) is 5.96. The summed E-state index contributed by atoms with van der Waals surface area (Å²) < 4.78 is 9.45. The quantitative estimate of drug-likeness (QED) is 0.624. The normalized spacial score (nSPS) is 10.1. The Morgan fingerprint density at radius 2 is 2.04 bits per heavy atom. The maximum Gasteiger partial charge on any atom is 0.350 e. The van der Waals surface area contributed by atoms with Crippen LogP contribution in [-0.4, -0.2) is 36.5 Å². The lowest BCUT2D eigenvalue weighted by Crippen LogP contribution is -2.21. The van der Waals surface area contributed by atoms with Crippen molar-refractivity contribution in [1.29, 1.82) is 0 Å². The molecule has 126 valence electrons. The van der Waals surface area contributed by atoms with Gasteiger partial charge in [-0.1, -0.05) is 23.2 Å². The maximum atomic E-state index is 11.8. The van der Waals surface area contributed by atoms with Gasteiger partial charge in [0.25, 0.3) is 5.91 Å². The van der Waals surface area contributed by atoms with Gasteiger partial charge in [0.2, 0.25) is 0 Å². The number of aromatic nitrogens is 1. The van der Waals surface area contributed by atoms with Crippen molar-refractivity contribution in [2.45, 2.75) is 0 Å². The second kappa shape index (κ2) is 8.09. The fourth-order valence-corrected chi connectivity index (χ4v) is 2.63. The molecule has 0 fully saturated rings. The molecule has 7 nitrogen and oxygen atoms in total. The molecule has 24 heavy (non-hydrogen) atoms. The number of ether oxygens (including phenoxy) is 2. The van der Waals surface area contributed by atoms with Crippen LogP contribution in [-0.2, 0) is 14.3 Å². The number of pyridine rings is 1. The predicted molar refractivity (Wildman–Crippen MR) is 88.8 cm³/mol. The lowest BCUT2D eigenvalue weighted by Gasteiger charge is -2.07. The van der Waals surface area contributed by atoms with Gasteiger partial charge in [0, 0.05) is 6.20 Å². The number of halogens is 2. The Bertz CT molecular complexity index is 793. The van der Waals surface area contributed by atoms with E-state index in [1.54, 1.807) is 11.4 Å². The van der Waals surface area contributed by atoms with E-state index in [1.807, 2.05) is 0 Å². The number of thiophene rings is 1. The Kier molecular flexibility index (Phi) is 6.13. The summed E-state index contributed by atoms with van der Waals surface area (Å²) in [5.41, 5.74) is 0.340. The lowest BCUT2D eigenvalue weighted by atomic mass is 10.3. The van der Waals surface area contributed by atoms with E-state index in [0.717, 1.165) is 11.3 Å². The van der Waals surface area contributed by atoms with Gasteiger partial charge < -0.3 is 14.8 Å². The number of rotatable bonds is 5. The van der Waals surface area contributed by atoms with E-state index in [1.165, 1.54) is 19.4 Å². The minimum Gasteiger partial charge on any atom is -0.465 e. The van der Waals surface area contributed by atoms with Crippen molar-refractivity contribution in [1.82, 2.24) is 4.98 Å². The largest absolute Gasteiger partial charge is 0.465 e. The molecule has 1 amide bonds. The first-order valence-corrected chi connectivity index (χ1v) is 7.99. The molecule has 2 heterocycles. The van der Waals surface area contributed by atoms with E-state index >= 15 is 0 Å². The molecule has 0 aliphatic rings. The average Bonchev–Trinajstić information content (AvgIpc) is 3.02. The Hall–Kier alpha value is -2.16. The summed E-state index contributed by atoms with van der Waals surface area (Å²) in [6.45, 7) is -0.546. The van der Waals surface area contributed by atoms with E-state index in [0.29, 0.717) is 0 Å². The van der Waals surface area contributed by atoms with E-state index in [9.17, 15) is 14.4 Å². The number of methoxy groups -OCH3 is 1. The van der Waals surface area contributed by atoms with Gasteiger partial charge in [-0.05, 0) is 17.5 Å². The van der Waals surface area contributed by atoms with E-state index in [4.69, 9.17) is 27.9 Å². The van der Waals surface area contributed by atoms with Gasteiger partial charge in [-0.3, -0.25) is 4.79 Å². The first kappa shape index (κ1) is 18.2. The van der Waals surface area contributed by atoms with Gasteiger partial charge in [-0.25, -0.2) is 14.6 Å². The van der Waals surface area contributed by atoms with Crippen molar-refractivity contribution in [3.8, 4) is 0 Å². The van der Waals surface area contributed by atoms with Gasteiger partial charge >= 0.3 is 11.9 Å². The van der Waals surface area contributed by atoms with Crippen molar-refractivity contribution in [2.24, 2.45) is 0 Å². The molecule has 2 aromatic heterocycles. The molecule has 2 rings (SSSR count). The van der Waals surface area contributed by atoms with Crippen LogP contribution in [0.3, 0.4) is 0 Å². The fraction of sp³-hybridized carbons (Fsp3) is 0.143. The average molecular weight is 389 g/mol. The van der Waals surface area contributed by atoms with Crippen molar-refractivity contribution >= 4 is 58.1 Å². The standard InChI is InChI=1S/C14H10Cl2N2O5S/c1-22-14(21)11-9(2-3-24-11)18-10(19)6-23-13(20)7-4-8(15)12(16)17-5-7/h2-5H,6H2,1H3,(H,18,19). The Morgan fingerprint density at radius 3 is 2.71 bits per heavy atom. The highest BCUT2D eigenvalue weighted by molar-refractivity contribution is 7.12. The van der Waals surface area contributed by atoms with E-state index in [2.05, 4.69) is 15.0 Å². The highest BCUT2D eigenvalue weighted by Gasteiger charge is 2.17. The SMILES string of the molecule is COC(=O)c1sccc1NC(=O)COC(=O)c1cnc(Cl)c(Cl)c1.